The van der Waals surface area contributed by atoms with E-state index >= 15 is 0 Å². The van der Waals surface area contributed by atoms with Crippen molar-refractivity contribution >= 4 is 29.1 Å². The number of benzene rings is 2. The summed E-state index contributed by atoms with van der Waals surface area (Å²) in [5.41, 5.74) is 2.23. The third-order valence-electron chi connectivity index (χ3n) is 3.25. The van der Waals surface area contributed by atoms with Gasteiger partial charge >= 0.3 is 11.8 Å². The van der Waals surface area contributed by atoms with E-state index in [1.54, 1.807) is 36.4 Å². The van der Waals surface area contributed by atoms with E-state index < -0.39 is 11.8 Å². The van der Waals surface area contributed by atoms with Crippen LogP contribution in [0.3, 0.4) is 0 Å². The molecule has 6 heteroatoms. The second kappa shape index (κ2) is 7.65. The Kier molecular flexibility index (Phi) is 5.60. The van der Waals surface area contributed by atoms with Gasteiger partial charge in [-0.1, -0.05) is 29.8 Å². The molecule has 0 bridgehead atoms. The SMILES string of the molecule is Cc1ccc(NC(=O)C(=O)NCCc2cccc(O)c2)cc1Cl. The quantitative estimate of drug-likeness (QED) is 0.753. The first kappa shape index (κ1) is 16.8. The van der Waals surface area contributed by atoms with Gasteiger partial charge in [0.25, 0.3) is 0 Å². The van der Waals surface area contributed by atoms with Gasteiger partial charge in [-0.25, -0.2) is 0 Å². The zero-order chi connectivity index (χ0) is 16.8. The molecule has 2 amide bonds. The fourth-order valence-electron chi connectivity index (χ4n) is 1.97. The summed E-state index contributed by atoms with van der Waals surface area (Å²) in [6.45, 7) is 2.15. The maximum atomic E-state index is 11.8. The maximum Gasteiger partial charge on any atom is 0.313 e. The van der Waals surface area contributed by atoms with E-state index in [9.17, 15) is 14.7 Å². The highest BCUT2D eigenvalue weighted by Crippen LogP contribution is 2.19. The number of rotatable bonds is 4. The highest BCUT2D eigenvalue weighted by Gasteiger charge is 2.13. The van der Waals surface area contributed by atoms with Gasteiger partial charge in [-0.2, -0.15) is 0 Å². The summed E-state index contributed by atoms with van der Waals surface area (Å²) in [4.78, 5) is 23.5. The van der Waals surface area contributed by atoms with Crippen LogP contribution in [0.4, 0.5) is 5.69 Å². The summed E-state index contributed by atoms with van der Waals surface area (Å²) in [5, 5.41) is 14.9. The Morgan fingerprint density at radius 2 is 1.91 bits per heavy atom. The van der Waals surface area contributed by atoms with Crippen LogP contribution in [0, 0.1) is 6.92 Å². The fourth-order valence-corrected chi connectivity index (χ4v) is 2.15. The number of halogens is 1. The zero-order valence-electron chi connectivity index (χ0n) is 12.6. The average Bonchev–Trinajstić information content (AvgIpc) is 2.51. The summed E-state index contributed by atoms with van der Waals surface area (Å²) in [7, 11) is 0. The minimum absolute atomic E-state index is 0.169. The second-order valence-corrected chi connectivity index (χ2v) is 5.50. The zero-order valence-corrected chi connectivity index (χ0v) is 13.4. The third kappa shape index (κ3) is 5.00. The van der Waals surface area contributed by atoms with Gasteiger partial charge < -0.3 is 15.7 Å². The van der Waals surface area contributed by atoms with Crippen LogP contribution in [0.1, 0.15) is 11.1 Å². The van der Waals surface area contributed by atoms with Crippen LogP contribution in [-0.2, 0) is 16.0 Å². The molecular weight excluding hydrogens is 316 g/mol. The molecule has 3 N–H and O–H groups in total. The number of nitrogens with one attached hydrogen (secondary N) is 2. The molecule has 5 nitrogen and oxygen atoms in total. The number of hydrogen-bond donors (Lipinski definition) is 3. The third-order valence-corrected chi connectivity index (χ3v) is 3.65. The Hall–Kier alpha value is -2.53. The van der Waals surface area contributed by atoms with E-state index in [2.05, 4.69) is 10.6 Å². The van der Waals surface area contributed by atoms with Crippen molar-refractivity contribution in [3.05, 3.63) is 58.6 Å². The molecule has 0 aliphatic heterocycles. The van der Waals surface area contributed by atoms with Gasteiger partial charge in [0.1, 0.15) is 5.75 Å². The van der Waals surface area contributed by atoms with Crippen molar-refractivity contribution in [3.63, 3.8) is 0 Å². The van der Waals surface area contributed by atoms with Crippen LogP contribution < -0.4 is 10.6 Å². The van der Waals surface area contributed by atoms with Crippen LogP contribution >= 0.6 is 11.6 Å². The van der Waals surface area contributed by atoms with Gasteiger partial charge in [-0.05, 0) is 48.7 Å². The fraction of sp³-hybridized carbons (Fsp3) is 0.176. The van der Waals surface area contributed by atoms with E-state index in [1.165, 1.54) is 0 Å². The number of anilines is 1. The van der Waals surface area contributed by atoms with Gasteiger partial charge in [-0.15, -0.1) is 0 Å². The van der Waals surface area contributed by atoms with Crippen LogP contribution in [0.2, 0.25) is 5.02 Å². The molecule has 2 aromatic carbocycles. The van der Waals surface area contributed by atoms with Crippen molar-refractivity contribution in [1.82, 2.24) is 5.32 Å². The van der Waals surface area contributed by atoms with E-state index in [0.29, 0.717) is 23.7 Å². The number of carbonyl (C=O) groups is 2. The molecular formula is C17H17ClN2O3. The van der Waals surface area contributed by atoms with E-state index in [1.807, 2.05) is 13.0 Å². The van der Waals surface area contributed by atoms with E-state index in [4.69, 9.17) is 11.6 Å². The lowest BCUT2D eigenvalue weighted by molar-refractivity contribution is -0.136. The Bertz CT molecular complexity index is 732. The Balaban J connectivity index is 1.83. The average molecular weight is 333 g/mol. The highest BCUT2D eigenvalue weighted by molar-refractivity contribution is 6.39. The summed E-state index contributed by atoms with van der Waals surface area (Å²) < 4.78 is 0. The maximum absolute atomic E-state index is 11.8. The molecule has 2 rings (SSSR count). The van der Waals surface area contributed by atoms with Crippen LogP contribution in [0.25, 0.3) is 0 Å². The van der Waals surface area contributed by atoms with Crippen molar-refractivity contribution in [3.8, 4) is 5.75 Å². The summed E-state index contributed by atoms with van der Waals surface area (Å²) >= 11 is 5.97. The minimum atomic E-state index is -0.749. The number of amides is 2. The lowest BCUT2D eigenvalue weighted by Crippen LogP contribution is -2.36. The Labute approximate surface area is 139 Å². The predicted molar refractivity (Wildman–Crippen MR) is 89.6 cm³/mol. The van der Waals surface area contributed by atoms with Crippen molar-refractivity contribution < 1.29 is 14.7 Å². The molecule has 0 fully saturated rings. The Morgan fingerprint density at radius 3 is 2.61 bits per heavy atom. The van der Waals surface area contributed by atoms with Crippen molar-refractivity contribution in [2.45, 2.75) is 13.3 Å². The standard InChI is InChI=1S/C17H17ClN2O3/c1-11-5-6-13(10-15(11)18)20-17(23)16(22)19-8-7-12-3-2-4-14(21)9-12/h2-6,9-10,21H,7-8H2,1H3,(H,19,22)(H,20,23). The molecule has 0 atom stereocenters. The minimum Gasteiger partial charge on any atom is -0.508 e. The predicted octanol–water partition coefficient (Wildman–Crippen LogP) is 2.65. The van der Waals surface area contributed by atoms with Gasteiger partial charge in [0.05, 0.1) is 0 Å². The molecule has 23 heavy (non-hydrogen) atoms. The molecule has 2 aromatic rings. The van der Waals surface area contributed by atoms with Gasteiger partial charge in [0.15, 0.2) is 0 Å². The number of aromatic hydroxyl groups is 1. The topological polar surface area (TPSA) is 78.4 Å². The molecule has 0 spiro atoms. The van der Waals surface area contributed by atoms with Crippen LogP contribution in [0.5, 0.6) is 5.75 Å². The Morgan fingerprint density at radius 1 is 1.13 bits per heavy atom. The van der Waals surface area contributed by atoms with Gasteiger partial charge in [0.2, 0.25) is 0 Å². The number of aryl methyl sites for hydroxylation is 1. The second-order valence-electron chi connectivity index (χ2n) is 5.09. The first-order valence-corrected chi connectivity index (χ1v) is 7.47. The van der Waals surface area contributed by atoms with Crippen molar-refractivity contribution in [2.24, 2.45) is 0 Å². The molecule has 120 valence electrons. The number of carbonyl (C=O) groups excluding carboxylic acids is 2. The highest BCUT2D eigenvalue weighted by atomic mass is 35.5. The molecule has 0 radical (unpaired) electrons. The molecule has 0 aromatic heterocycles. The lowest BCUT2D eigenvalue weighted by atomic mass is 10.1. The van der Waals surface area contributed by atoms with E-state index in [-0.39, 0.29) is 5.75 Å². The van der Waals surface area contributed by atoms with Crippen molar-refractivity contribution in [1.29, 1.82) is 0 Å². The number of phenols is 1. The molecule has 0 aliphatic rings. The summed E-state index contributed by atoms with van der Waals surface area (Å²) in [6, 6.07) is 11.8. The van der Waals surface area contributed by atoms with Crippen LogP contribution in [-0.4, -0.2) is 23.5 Å². The molecule has 0 heterocycles. The summed E-state index contributed by atoms with van der Waals surface area (Å²) in [6.07, 6.45) is 0.518. The smallest absolute Gasteiger partial charge is 0.313 e. The van der Waals surface area contributed by atoms with E-state index in [0.717, 1.165) is 11.1 Å². The molecule has 0 saturated carbocycles. The molecule has 0 aliphatic carbocycles. The normalized spacial score (nSPS) is 10.2. The van der Waals surface area contributed by atoms with Gasteiger partial charge in [-0.3, -0.25) is 9.59 Å². The largest absolute Gasteiger partial charge is 0.508 e. The monoisotopic (exact) mass is 332 g/mol. The number of phenolic OH excluding ortho intramolecular Hbond substituents is 1. The molecule has 0 saturated heterocycles. The first-order chi connectivity index (χ1) is 11.0. The van der Waals surface area contributed by atoms with Crippen LogP contribution in [0.15, 0.2) is 42.5 Å². The first-order valence-electron chi connectivity index (χ1n) is 7.09. The number of hydrogen-bond acceptors (Lipinski definition) is 3. The lowest BCUT2D eigenvalue weighted by Gasteiger charge is -2.08. The molecule has 0 unspecified atom stereocenters. The van der Waals surface area contributed by atoms with Crippen molar-refractivity contribution in [2.75, 3.05) is 11.9 Å². The summed E-state index contributed by atoms with van der Waals surface area (Å²) in [5.74, 6) is -1.30. The van der Waals surface area contributed by atoms with Gasteiger partial charge in [0, 0.05) is 17.3 Å².